The monoisotopic (exact) mass is 277 g/mol. The van der Waals surface area contributed by atoms with E-state index in [2.05, 4.69) is 36.1 Å². The molecule has 0 fully saturated rings. The van der Waals surface area contributed by atoms with Gasteiger partial charge < -0.3 is 16.0 Å². The van der Waals surface area contributed by atoms with Crippen LogP contribution in [0.2, 0.25) is 0 Å². The molecular weight excluding hydrogens is 258 g/mol. The molecule has 2 aromatic rings. The molecule has 0 aliphatic carbocycles. The number of anilines is 2. The molecule has 8 nitrogen and oxygen atoms in total. The zero-order chi connectivity index (χ0) is 14.7. The second-order valence-corrected chi connectivity index (χ2v) is 4.81. The van der Waals surface area contributed by atoms with Crippen molar-refractivity contribution in [1.29, 1.82) is 0 Å². The van der Waals surface area contributed by atoms with Crippen LogP contribution in [0.4, 0.5) is 11.8 Å². The molecule has 2 heterocycles. The van der Waals surface area contributed by atoms with Crippen LogP contribution in [0.1, 0.15) is 20.8 Å². The van der Waals surface area contributed by atoms with Crippen molar-refractivity contribution in [2.45, 2.75) is 32.9 Å². The quantitative estimate of drug-likeness (QED) is 0.641. The SMILES string of the molecule is CNc1nc(NC(C)C(=O)NC(C)C)c2cn[nH]c2n1. The van der Waals surface area contributed by atoms with Crippen molar-refractivity contribution < 1.29 is 4.79 Å². The first kappa shape index (κ1) is 14.0. The van der Waals surface area contributed by atoms with Gasteiger partial charge in [-0.2, -0.15) is 15.1 Å². The number of aromatic amines is 1. The molecule has 2 rings (SSSR count). The average molecular weight is 277 g/mol. The number of hydrogen-bond acceptors (Lipinski definition) is 6. The highest BCUT2D eigenvalue weighted by Crippen LogP contribution is 2.20. The second-order valence-electron chi connectivity index (χ2n) is 4.81. The fourth-order valence-electron chi connectivity index (χ4n) is 1.74. The van der Waals surface area contributed by atoms with E-state index in [-0.39, 0.29) is 11.9 Å². The van der Waals surface area contributed by atoms with Gasteiger partial charge in [0.05, 0.1) is 11.6 Å². The molecular formula is C12H19N7O. The Balaban J connectivity index is 2.24. The van der Waals surface area contributed by atoms with Crippen molar-refractivity contribution in [3.63, 3.8) is 0 Å². The molecule has 0 aliphatic heterocycles. The van der Waals surface area contributed by atoms with Crippen LogP contribution >= 0.6 is 0 Å². The molecule has 1 amide bonds. The second kappa shape index (κ2) is 5.72. The lowest BCUT2D eigenvalue weighted by Crippen LogP contribution is -2.41. The maximum Gasteiger partial charge on any atom is 0.242 e. The highest BCUT2D eigenvalue weighted by Gasteiger charge is 2.17. The van der Waals surface area contributed by atoms with Gasteiger partial charge in [-0.05, 0) is 20.8 Å². The molecule has 0 aromatic carbocycles. The molecule has 108 valence electrons. The number of amides is 1. The molecule has 0 saturated carbocycles. The van der Waals surface area contributed by atoms with Crippen molar-refractivity contribution in [3.05, 3.63) is 6.20 Å². The van der Waals surface area contributed by atoms with Gasteiger partial charge in [0.15, 0.2) is 5.65 Å². The minimum absolute atomic E-state index is 0.0822. The largest absolute Gasteiger partial charge is 0.358 e. The minimum atomic E-state index is -0.407. The normalized spacial score (nSPS) is 12.4. The molecule has 0 saturated heterocycles. The van der Waals surface area contributed by atoms with Crippen molar-refractivity contribution in [2.24, 2.45) is 0 Å². The average Bonchev–Trinajstić information content (AvgIpc) is 2.86. The van der Waals surface area contributed by atoms with Gasteiger partial charge in [0.25, 0.3) is 0 Å². The fraction of sp³-hybridized carbons (Fsp3) is 0.500. The fourth-order valence-corrected chi connectivity index (χ4v) is 1.74. The third-order valence-electron chi connectivity index (χ3n) is 2.71. The molecule has 0 spiro atoms. The molecule has 4 N–H and O–H groups in total. The number of nitrogens with zero attached hydrogens (tertiary/aromatic N) is 3. The number of aromatic nitrogens is 4. The number of nitrogens with one attached hydrogen (secondary N) is 4. The molecule has 0 radical (unpaired) electrons. The molecule has 1 unspecified atom stereocenters. The lowest BCUT2D eigenvalue weighted by molar-refractivity contribution is -0.122. The van der Waals surface area contributed by atoms with Gasteiger partial charge in [0.2, 0.25) is 11.9 Å². The van der Waals surface area contributed by atoms with Crippen molar-refractivity contribution in [2.75, 3.05) is 17.7 Å². The molecule has 8 heteroatoms. The zero-order valence-electron chi connectivity index (χ0n) is 12.0. The van der Waals surface area contributed by atoms with Gasteiger partial charge in [-0.1, -0.05) is 0 Å². The summed E-state index contributed by atoms with van der Waals surface area (Å²) in [6.45, 7) is 5.62. The Bertz CT molecular complexity index is 607. The summed E-state index contributed by atoms with van der Waals surface area (Å²) in [5.74, 6) is 0.946. The van der Waals surface area contributed by atoms with Gasteiger partial charge in [-0.3, -0.25) is 9.89 Å². The topological polar surface area (TPSA) is 108 Å². The van der Waals surface area contributed by atoms with Crippen LogP contribution in [-0.2, 0) is 4.79 Å². The van der Waals surface area contributed by atoms with Crippen LogP contribution < -0.4 is 16.0 Å². The number of carbonyl (C=O) groups is 1. The third kappa shape index (κ3) is 2.95. The maximum absolute atomic E-state index is 11.9. The summed E-state index contributed by atoms with van der Waals surface area (Å²) < 4.78 is 0. The van der Waals surface area contributed by atoms with E-state index < -0.39 is 6.04 Å². The molecule has 1 atom stereocenters. The van der Waals surface area contributed by atoms with Crippen LogP contribution in [-0.4, -0.2) is 45.2 Å². The van der Waals surface area contributed by atoms with Crippen LogP contribution in [0.3, 0.4) is 0 Å². The Morgan fingerprint density at radius 1 is 1.30 bits per heavy atom. The molecule has 0 aliphatic rings. The van der Waals surface area contributed by atoms with E-state index in [0.29, 0.717) is 17.4 Å². The van der Waals surface area contributed by atoms with Crippen LogP contribution in [0.25, 0.3) is 11.0 Å². The standard InChI is InChI=1S/C12H19N7O/c1-6(2)15-11(20)7(3)16-9-8-5-14-19-10(8)18-12(13-4)17-9/h5-7H,1-4H3,(H,15,20)(H3,13,14,16,17,18,19). The van der Waals surface area contributed by atoms with Crippen molar-refractivity contribution in [1.82, 2.24) is 25.5 Å². The zero-order valence-corrected chi connectivity index (χ0v) is 12.0. The van der Waals surface area contributed by atoms with E-state index in [1.165, 1.54) is 0 Å². The van der Waals surface area contributed by atoms with Gasteiger partial charge in [0, 0.05) is 13.1 Å². The summed E-state index contributed by atoms with van der Waals surface area (Å²) in [6, 6.07) is -0.311. The summed E-state index contributed by atoms with van der Waals surface area (Å²) in [7, 11) is 1.73. The van der Waals surface area contributed by atoms with Gasteiger partial charge in [0.1, 0.15) is 11.9 Å². The van der Waals surface area contributed by atoms with Crippen molar-refractivity contribution in [3.8, 4) is 0 Å². The number of H-pyrrole nitrogens is 1. The van der Waals surface area contributed by atoms with E-state index in [9.17, 15) is 4.79 Å². The number of fused-ring (bicyclic) bond motifs is 1. The van der Waals surface area contributed by atoms with E-state index in [0.717, 1.165) is 5.39 Å². The Kier molecular flexibility index (Phi) is 4.02. The number of hydrogen-bond donors (Lipinski definition) is 4. The van der Waals surface area contributed by atoms with E-state index in [1.54, 1.807) is 20.2 Å². The Labute approximate surface area is 116 Å². The van der Waals surface area contributed by atoms with E-state index in [4.69, 9.17) is 0 Å². The van der Waals surface area contributed by atoms with Crippen LogP contribution in [0.5, 0.6) is 0 Å². The van der Waals surface area contributed by atoms with Crippen LogP contribution in [0, 0.1) is 0 Å². The van der Waals surface area contributed by atoms with Gasteiger partial charge >= 0.3 is 0 Å². The first-order valence-electron chi connectivity index (χ1n) is 6.47. The highest BCUT2D eigenvalue weighted by atomic mass is 16.2. The number of carbonyl (C=O) groups excluding carboxylic acids is 1. The highest BCUT2D eigenvalue weighted by molar-refractivity contribution is 5.90. The summed E-state index contributed by atoms with van der Waals surface area (Å²) in [6.07, 6.45) is 1.63. The predicted octanol–water partition coefficient (Wildman–Crippen LogP) is 0.720. The van der Waals surface area contributed by atoms with Gasteiger partial charge in [-0.25, -0.2) is 0 Å². The smallest absolute Gasteiger partial charge is 0.242 e. The third-order valence-corrected chi connectivity index (χ3v) is 2.71. The Morgan fingerprint density at radius 2 is 2.05 bits per heavy atom. The predicted molar refractivity (Wildman–Crippen MR) is 77.6 cm³/mol. The van der Waals surface area contributed by atoms with Crippen molar-refractivity contribution >= 4 is 28.7 Å². The summed E-state index contributed by atoms with van der Waals surface area (Å²) in [4.78, 5) is 20.5. The molecule has 20 heavy (non-hydrogen) atoms. The summed E-state index contributed by atoms with van der Waals surface area (Å²) >= 11 is 0. The Morgan fingerprint density at radius 3 is 2.70 bits per heavy atom. The van der Waals surface area contributed by atoms with Crippen LogP contribution in [0.15, 0.2) is 6.20 Å². The first-order chi connectivity index (χ1) is 9.51. The first-order valence-corrected chi connectivity index (χ1v) is 6.47. The minimum Gasteiger partial charge on any atom is -0.358 e. The number of rotatable bonds is 5. The molecule has 2 aromatic heterocycles. The lowest BCUT2D eigenvalue weighted by Gasteiger charge is -2.17. The lowest BCUT2D eigenvalue weighted by atomic mass is 10.2. The summed E-state index contributed by atoms with van der Waals surface area (Å²) in [5, 5.41) is 16.3. The molecule has 0 bridgehead atoms. The Hall–Kier alpha value is -2.38. The van der Waals surface area contributed by atoms with E-state index >= 15 is 0 Å². The maximum atomic E-state index is 11.9. The van der Waals surface area contributed by atoms with Gasteiger partial charge in [-0.15, -0.1) is 0 Å². The summed E-state index contributed by atoms with van der Waals surface area (Å²) in [5.41, 5.74) is 0.614. The van der Waals surface area contributed by atoms with E-state index in [1.807, 2.05) is 13.8 Å².